The van der Waals surface area contributed by atoms with Gasteiger partial charge in [0.25, 0.3) is 5.91 Å². The van der Waals surface area contributed by atoms with Crippen LogP contribution >= 0.6 is 62.1 Å². The number of benzene rings is 2. The van der Waals surface area contributed by atoms with Crippen molar-refractivity contribution in [3.63, 3.8) is 0 Å². The van der Waals surface area contributed by atoms with Gasteiger partial charge in [-0.3, -0.25) is 4.79 Å². The molecule has 0 saturated carbocycles. The summed E-state index contributed by atoms with van der Waals surface area (Å²) in [6.07, 6.45) is 0.650. The Kier molecular flexibility index (Phi) is 6.80. The van der Waals surface area contributed by atoms with Crippen LogP contribution in [0.25, 0.3) is 0 Å². The summed E-state index contributed by atoms with van der Waals surface area (Å²) in [7, 11) is 0. The van der Waals surface area contributed by atoms with Crippen LogP contribution in [0.15, 0.2) is 69.3 Å². The van der Waals surface area contributed by atoms with Gasteiger partial charge < -0.3 is 5.32 Å². The largest absolute Gasteiger partial charge is 0.342 e. The molecule has 2 aromatic carbocycles. The zero-order valence-corrected chi connectivity index (χ0v) is 20.0. The minimum Gasteiger partial charge on any atom is -0.342 e. The molecule has 4 nitrogen and oxygen atoms in total. The molecular formula is C21H15BrCl3N3OS. The van der Waals surface area contributed by atoms with Gasteiger partial charge in [0.1, 0.15) is 0 Å². The molecule has 9 heteroatoms. The number of carbonyl (C=O) groups is 1. The Morgan fingerprint density at radius 1 is 1.07 bits per heavy atom. The predicted molar refractivity (Wildman–Crippen MR) is 126 cm³/mol. The molecule has 0 spiro atoms. The second kappa shape index (κ2) is 9.37. The molecule has 3 unspecified atom stereocenters. The van der Waals surface area contributed by atoms with Gasteiger partial charge in [-0.1, -0.05) is 68.9 Å². The molecule has 2 heterocycles. The Balaban J connectivity index is 1.61. The first-order chi connectivity index (χ1) is 14.4. The molecule has 0 bridgehead atoms. The average molecular weight is 544 g/mol. The first-order valence-corrected chi connectivity index (χ1v) is 11.8. The van der Waals surface area contributed by atoms with Gasteiger partial charge in [0.2, 0.25) is 0 Å². The summed E-state index contributed by atoms with van der Waals surface area (Å²) in [5.74, 6) is -0.231. The highest BCUT2D eigenvalue weighted by molar-refractivity contribution is 9.10. The molecule has 30 heavy (non-hydrogen) atoms. The summed E-state index contributed by atoms with van der Waals surface area (Å²) in [6, 6.07) is 15.8. The molecule has 154 valence electrons. The maximum Gasteiger partial charge on any atom is 0.261 e. The molecule has 0 radical (unpaired) electrons. The fraction of sp³-hybridized carbons (Fsp3) is 0.190. The van der Waals surface area contributed by atoms with Crippen molar-refractivity contribution in [1.82, 2.24) is 5.32 Å². The summed E-state index contributed by atoms with van der Waals surface area (Å²) < 4.78 is 1.56. The van der Waals surface area contributed by atoms with Crippen molar-refractivity contribution in [2.75, 3.05) is 0 Å². The Morgan fingerprint density at radius 3 is 2.50 bits per heavy atom. The lowest BCUT2D eigenvalue weighted by atomic mass is 9.93. The van der Waals surface area contributed by atoms with Gasteiger partial charge in [-0.05, 0) is 47.5 Å². The van der Waals surface area contributed by atoms with Crippen molar-refractivity contribution in [1.29, 1.82) is 0 Å². The lowest BCUT2D eigenvalue weighted by Crippen LogP contribution is -2.35. The van der Waals surface area contributed by atoms with Gasteiger partial charge in [0.15, 0.2) is 0 Å². The fourth-order valence-electron chi connectivity index (χ4n) is 3.36. The number of carbonyl (C=O) groups excluding carboxylic acids is 1. The quantitative estimate of drug-likeness (QED) is 0.349. The van der Waals surface area contributed by atoms with Gasteiger partial charge in [0, 0.05) is 20.9 Å². The van der Waals surface area contributed by atoms with Crippen molar-refractivity contribution in [3.8, 4) is 0 Å². The molecule has 3 atom stereocenters. The number of azo groups is 1. The van der Waals surface area contributed by atoms with Gasteiger partial charge in [-0.2, -0.15) is 10.2 Å². The molecule has 1 aliphatic heterocycles. The molecular weight excluding hydrogens is 529 g/mol. The summed E-state index contributed by atoms with van der Waals surface area (Å²) in [4.78, 5) is 13.4. The van der Waals surface area contributed by atoms with E-state index in [-0.39, 0.29) is 18.0 Å². The van der Waals surface area contributed by atoms with Crippen LogP contribution in [0.2, 0.25) is 14.4 Å². The SMILES string of the molecule is O=C(NC(c1ccc(Cl)cc1Cl)C1CC(c2ccc(Br)cc2)N=N1)c1ccc(Cl)s1. The Hall–Kier alpha value is -1.44. The van der Waals surface area contributed by atoms with Gasteiger partial charge >= 0.3 is 0 Å². The molecule has 1 N–H and O–H groups in total. The van der Waals surface area contributed by atoms with E-state index in [0.29, 0.717) is 25.7 Å². The summed E-state index contributed by atoms with van der Waals surface area (Å²) >= 11 is 23.2. The topological polar surface area (TPSA) is 53.8 Å². The van der Waals surface area contributed by atoms with E-state index in [2.05, 4.69) is 31.5 Å². The number of rotatable bonds is 5. The zero-order valence-electron chi connectivity index (χ0n) is 15.4. The molecule has 0 aliphatic carbocycles. The minimum absolute atomic E-state index is 0.0789. The maximum absolute atomic E-state index is 12.9. The predicted octanol–water partition coefficient (Wildman–Crippen LogP) is 7.91. The van der Waals surface area contributed by atoms with E-state index < -0.39 is 6.04 Å². The molecule has 1 aliphatic rings. The highest BCUT2D eigenvalue weighted by Gasteiger charge is 2.34. The highest BCUT2D eigenvalue weighted by atomic mass is 79.9. The Labute approximate surface area is 201 Å². The molecule has 3 aromatic rings. The van der Waals surface area contributed by atoms with Crippen molar-refractivity contribution in [3.05, 3.63) is 89.5 Å². The van der Waals surface area contributed by atoms with E-state index in [1.807, 2.05) is 30.3 Å². The molecule has 4 rings (SSSR count). The third-order valence-corrected chi connectivity index (χ3v) is 7.16. The standard InChI is InChI=1S/C21H15BrCl3N3OS/c22-12-3-1-11(2-4-12)16-10-17(28-27-16)20(14-6-5-13(23)9-15(14)24)26-21(29)18-7-8-19(25)30-18/h1-9,16-17,20H,10H2,(H,26,29). The van der Waals surface area contributed by atoms with Gasteiger partial charge in [0.05, 0.1) is 27.3 Å². The number of amides is 1. The van der Waals surface area contributed by atoms with Crippen LogP contribution in [-0.4, -0.2) is 11.9 Å². The lowest BCUT2D eigenvalue weighted by molar-refractivity contribution is 0.0934. The van der Waals surface area contributed by atoms with Gasteiger partial charge in [-0.25, -0.2) is 0 Å². The monoisotopic (exact) mass is 541 g/mol. The third-order valence-electron chi connectivity index (χ3n) is 4.84. The van der Waals surface area contributed by atoms with Crippen LogP contribution in [0, 0.1) is 0 Å². The molecule has 0 saturated heterocycles. The number of halogens is 4. The van der Waals surface area contributed by atoms with Crippen LogP contribution in [0.5, 0.6) is 0 Å². The van der Waals surface area contributed by atoms with Crippen LogP contribution < -0.4 is 5.32 Å². The van der Waals surface area contributed by atoms with E-state index in [4.69, 9.17) is 34.8 Å². The van der Waals surface area contributed by atoms with E-state index in [1.54, 1.807) is 24.3 Å². The maximum atomic E-state index is 12.9. The summed E-state index contributed by atoms with van der Waals surface area (Å²) in [6.45, 7) is 0. The highest BCUT2D eigenvalue weighted by Crippen LogP contribution is 2.39. The summed E-state index contributed by atoms with van der Waals surface area (Å²) in [5.41, 5.74) is 1.82. The minimum atomic E-state index is -0.452. The van der Waals surface area contributed by atoms with Crippen molar-refractivity contribution >= 4 is 68.0 Å². The smallest absolute Gasteiger partial charge is 0.261 e. The van der Waals surface area contributed by atoms with Crippen LogP contribution in [0.4, 0.5) is 0 Å². The lowest BCUT2D eigenvalue weighted by Gasteiger charge is -2.24. The first kappa shape index (κ1) is 21.8. The Bertz CT molecular complexity index is 1100. The third kappa shape index (κ3) is 4.89. The van der Waals surface area contributed by atoms with E-state index in [0.717, 1.165) is 15.6 Å². The van der Waals surface area contributed by atoms with Crippen molar-refractivity contribution in [2.45, 2.75) is 24.5 Å². The second-order valence-corrected chi connectivity index (χ2v) is 10.3. The average Bonchev–Trinajstić information content (AvgIpc) is 3.36. The molecule has 1 aromatic heterocycles. The summed E-state index contributed by atoms with van der Waals surface area (Å²) in [5, 5.41) is 13.0. The number of hydrogen-bond donors (Lipinski definition) is 1. The van der Waals surface area contributed by atoms with Crippen LogP contribution in [0.1, 0.15) is 39.3 Å². The van der Waals surface area contributed by atoms with Crippen LogP contribution in [-0.2, 0) is 0 Å². The molecule has 0 fully saturated rings. The van der Waals surface area contributed by atoms with Crippen molar-refractivity contribution < 1.29 is 4.79 Å². The van der Waals surface area contributed by atoms with Crippen LogP contribution in [0.3, 0.4) is 0 Å². The normalized spacial score (nSPS) is 19.1. The van der Waals surface area contributed by atoms with Crippen molar-refractivity contribution in [2.24, 2.45) is 10.2 Å². The van der Waals surface area contributed by atoms with E-state index >= 15 is 0 Å². The van der Waals surface area contributed by atoms with E-state index in [1.165, 1.54) is 11.3 Å². The zero-order chi connectivity index (χ0) is 21.3. The number of hydrogen-bond acceptors (Lipinski definition) is 4. The second-order valence-electron chi connectivity index (χ2n) is 6.82. The molecule has 1 amide bonds. The number of nitrogens with zero attached hydrogens (tertiary/aromatic N) is 2. The first-order valence-electron chi connectivity index (χ1n) is 9.07. The number of thiophene rings is 1. The Morgan fingerprint density at radius 2 is 1.83 bits per heavy atom. The fourth-order valence-corrected chi connectivity index (χ4v) is 5.10. The van der Waals surface area contributed by atoms with E-state index in [9.17, 15) is 4.79 Å². The van der Waals surface area contributed by atoms with Gasteiger partial charge in [-0.15, -0.1) is 11.3 Å². The number of nitrogens with one attached hydrogen (secondary N) is 1.